The van der Waals surface area contributed by atoms with E-state index in [1.54, 1.807) is 6.20 Å². The van der Waals surface area contributed by atoms with E-state index in [2.05, 4.69) is 40.4 Å². The summed E-state index contributed by atoms with van der Waals surface area (Å²) in [7, 11) is 0. The van der Waals surface area contributed by atoms with Gasteiger partial charge in [0, 0.05) is 43.1 Å². The first-order valence-electron chi connectivity index (χ1n) is 9.81. The smallest absolute Gasteiger partial charge is 0.305 e. The molecular weight excluding hydrogens is 342 g/mol. The number of carbonyl (C=O) groups is 1. The quantitative estimate of drug-likeness (QED) is 0.641. The van der Waals surface area contributed by atoms with Crippen LogP contribution in [0.5, 0.6) is 5.75 Å². The number of hydrogen-bond acceptors (Lipinski definition) is 4. The number of benzene rings is 1. The lowest BCUT2D eigenvalue weighted by Crippen LogP contribution is -2.34. The summed E-state index contributed by atoms with van der Waals surface area (Å²) in [5.41, 5.74) is 2.35. The molecule has 2 heterocycles. The first-order valence-corrected chi connectivity index (χ1v) is 9.81. The van der Waals surface area contributed by atoms with Crippen molar-refractivity contribution < 1.29 is 14.6 Å². The SMILES string of the molecule is CCCCCOc1ccc2c(c1)C(Cn1ccnc1)C(C)N2CCC(=O)O. The molecule has 0 spiro atoms. The van der Waals surface area contributed by atoms with Gasteiger partial charge in [0.15, 0.2) is 0 Å². The summed E-state index contributed by atoms with van der Waals surface area (Å²) in [5.74, 6) is 0.396. The summed E-state index contributed by atoms with van der Waals surface area (Å²) in [6, 6.07) is 6.44. The largest absolute Gasteiger partial charge is 0.494 e. The third kappa shape index (κ3) is 4.62. The van der Waals surface area contributed by atoms with Crippen LogP contribution in [-0.4, -0.2) is 39.8 Å². The zero-order valence-electron chi connectivity index (χ0n) is 16.2. The Morgan fingerprint density at radius 3 is 2.89 bits per heavy atom. The van der Waals surface area contributed by atoms with Crippen LogP contribution in [-0.2, 0) is 11.3 Å². The Kier molecular flexibility index (Phi) is 6.37. The number of nitrogens with zero attached hydrogens (tertiary/aromatic N) is 3. The van der Waals surface area contributed by atoms with E-state index in [-0.39, 0.29) is 18.4 Å². The maximum absolute atomic E-state index is 11.1. The van der Waals surface area contributed by atoms with E-state index < -0.39 is 5.97 Å². The van der Waals surface area contributed by atoms with Gasteiger partial charge < -0.3 is 19.3 Å². The van der Waals surface area contributed by atoms with Crippen LogP contribution in [0.15, 0.2) is 36.9 Å². The molecule has 6 nitrogen and oxygen atoms in total. The van der Waals surface area contributed by atoms with Crippen molar-refractivity contribution in [2.45, 2.75) is 58.0 Å². The molecule has 2 atom stereocenters. The summed E-state index contributed by atoms with van der Waals surface area (Å²) < 4.78 is 8.04. The van der Waals surface area contributed by atoms with Crippen molar-refractivity contribution in [2.24, 2.45) is 0 Å². The molecule has 3 rings (SSSR count). The first kappa shape index (κ1) is 19.3. The highest BCUT2D eigenvalue weighted by atomic mass is 16.5. The summed E-state index contributed by atoms with van der Waals surface area (Å²) in [6.07, 6.45) is 9.14. The van der Waals surface area contributed by atoms with E-state index >= 15 is 0 Å². The zero-order valence-corrected chi connectivity index (χ0v) is 16.2. The van der Waals surface area contributed by atoms with Gasteiger partial charge in [-0.3, -0.25) is 4.79 Å². The van der Waals surface area contributed by atoms with Gasteiger partial charge in [-0.05, 0) is 37.1 Å². The molecule has 2 unspecified atom stereocenters. The third-order valence-electron chi connectivity index (χ3n) is 5.33. The van der Waals surface area contributed by atoms with Gasteiger partial charge in [-0.1, -0.05) is 19.8 Å². The van der Waals surface area contributed by atoms with Crippen molar-refractivity contribution in [1.82, 2.24) is 9.55 Å². The van der Waals surface area contributed by atoms with Crippen LogP contribution in [0.4, 0.5) is 5.69 Å². The Bertz CT molecular complexity index is 745. The van der Waals surface area contributed by atoms with Crippen molar-refractivity contribution in [2.75, 3.05) is 18.1 Å². The Hall–Kier alpha value is -2.50. The lowest BCUT2D eigenvalue weighted by atomic mass is 9.95. The fourth-order valence-corrected chi connectivity index (χ4v) is 3.83. The molecule has 6 heteroatoms. The van der Waals surface area contributed by atoms with Crippen LogP contribution in [0, 0.1) is 0 Å². The van der Waals surface area contributed by atoms with Crippen LogP contribution in [0.2, 0.25) is 0 Å². The predicted octanol–water partition coefficient (Wildman–Crippen LogP) is 3.92. The van der Waals surface area contributed by atoms with Crippen LogP contribution < -0.4 is 9.64 Å². The Balaban J connectivity index is 1.81. The first-order chi connectivity index (χ1) is 13.1. The van der Waals surface area contributed by atoms with Gasteiger partial charge in [0.1, 0.15) is 5.75 Å². The molecule has 0 fully saturated rings. The zero-order chi connectivity index (χ0) is 19.2. The number of imidazole rings is 1. The van der Waals surface area contributed by atoms with E-state index in [9.17, 15) is 4.79 Å². The monoisotopic (exact) mass is 371 g/mol. The molecule has 1 aliphatic heterocycles. The van der Waals surface area contributed by atoms with E-state index in [0.717, 1.165) is 31.0 Å². The molecule has 1 aromatic heterocycles. The van der Waals surface area contributed by atoms with E-state index in [1.807, 2.05) is 18.6 Å². The Morgan fingerprint density at radius 2 is 2.19 bits per heavy atom. The van der Waals surface area contributed by atoms with Crippen LogP contribution >= 0.6 is 0 Å². The normalized spacial score (nSPS) is 18.5. The number of aromatic nitrogens is 2. The number of fused-ring (bicyclic) bond motifs is 1. The number of hydrogen-bond donors (Lipinski definition) is 1. The minimum atomic E-state index is -0.766. The van der Waals surface area contributed by atoms with Crippen molar-refractivity contribution in [3.63, 3.8) is 0 Å². The van der Waals surface area contributed by atoms with Gasteiger partial charge in [0.05, 0.1) is 19.4 Å². The van der Waals surface area contributed by atoms with Crippen molar-refractivity contribution >= 4 is 11.7 Å². The van der Waals surface area contributed by atoms with Crippen LogP contribution in [0.3, 0.4) is 0 Å². The second-order valence-electron chi connectivity index (χ2n) is 7.22. The number of ether oxygens (including phenoxy) is 1. The number of carboxylic acids is 1. The van der Waals surface area contributed by atoms with Crippen molar-refractivity contribution in [3.8, 4) is 5.75 Å². The van der Waals surface area contributed by atoms with E-state index in [4.69, 9.17) is 9.84 Å². The average molecular weight is 371 g/mol. The highest BCUT2D eigenvalue weighted by Crippen LogP contribution is 2.43. The summed E-state index contributed by atoms with van der Waals surface area (Å²) in [5, 5.41) is 9.11. The number of anilines is 1. The fourth-order valence-electron chi connectivity index (χ4n) is 3.83. The third-order valence-corrected chi connectivity index (χ3v) is 5.33. The molecule has 1 aliphatic rings. The van der Waals surface area contributed by atoms with Gasteiger partial charge in [-0.15, -0.1) is 0 Å². The lowest BCUT2D eigenvalue weighted by molar-refractivity contribution is -0.136. The van der Waals surface area contributed by atoms with E-state index in [1.165, 1.54) is 18.4 Å². The Morgan fingerprint density at radius 1 is 1.33 bits per heavy atom. The second kappa shape index (κ2) is 8.93. The molecular formula is C21H29N3O3. The summed E-state index contributed by atoms with van der Waals surface area (Å²) in [6.45, 7) is 6.42. The minimum absolute atomic E-state index is 0.136. The molecule has 1 aromatic carbocycles. The summed E-state index contributed by atoms with van der Waals surface area (Å²) in [4.78, 5) is 17.4. The van der Waals surface area contributed by atoms with Crippen LogP contribution in [0.25, 0.3) is 0 Å². The highest BCUT2D eigenvalue weighted by molar-refractivity contribution is 5.69. The van der Waals surface area contributed by atoms with Crippen molar-refractivity contribution in [3.05, 3.63) is 42.5 Å². The molecule has 27 heavy (non-hydrogen) atoms. The number of carboxylic acid groups (broad SMARTS) is 1. The molecule has 146 valence electrons. The van der Waals surface area contributed by atoms with Crippen LogP contribution in [0.1, 0.15) is 51.0 Å². The van der Waals surface area contributed by atoms with Gasteiger partial charge in [0.25, 0.3) is 0 Å². The minimum Gasteiger partial charge on any atom is -0.494 e. The van der Waals surface area contributed by atoms with Gasteiger partial charge >= 0.3 is 5.97 Å². The van der Waals surface area contributed by atoms with Crippen molar-refractivity contribution in [1.29, 1.82) is 0 Å². The molecule has 0 bridgehead atoms. The second-order valence-corrected chi connectivity index (χ2v) is 7.22. The molecule has 1 N–H and O–H groups in total. The topological polar surface area (TPSA) is 67.6 Å². The number of unbranched alkanes of at least 4 members (excludes halogenated alkanes) is 2. The maximum Gasteiger partial charge on any atom is 0.305 e. The molecule has 0 saturated carbocycles. The molecule has 0 amide bonds. The molecule has 0 radical (unpaired) electrons. The average Bonchev–Trinajstić information content (AvgIpc) is 3.25. The molecule has 0 aliphatic carbocycles. The number of aliphatic carboxylic acids is 1. The molecule has 2 aromatic rings. The highest BCUT2D eigenvalue weighted by Gasteiger charge is 2.36. The predicted molar refractivity (Wildman–Crippen MR) is 105 cm³/mol. The van der Waals surface area contributed by atoms with Gasteiger partial charge in [0.2, 0.25) is 0 Å². The standard InChI is InChI=1S/C21H29N3O3/c1-3-4-5-12-27-17-6-7-20-18(13-17)19(14-23-11-9-22-15-23)16(2)24(20)10-8-21(25)26/h6-7,9,11,13,15-16,19H,3-5,8,10,12,14H2,1-2H3,(H,25,26). The Labute approximate surface area is 160 Å². The summed E-state index contributed by atoms with van der Waals surface area (Å²) >= 11 is 0. The lowest BCUT2D eigenvalue weighted by Gasteiger charge is -2.27. The number of rotatable bonds is 10. The maximum atomic E-state index is 11.1. The van der Waals surface area contributed by atoms with E-state index in [0.29, 0.717) is 6.54 Å². The molecule has 0 saturated heterocycles. The fraction of sp³-hybridized carbons (Fsp3) is 0.524. The van der Waals surface area contributed by atoms with Gasteiger partial charge in [-0.2, -0.15) is 0 Å². The van der Waals surface area contributed by atoms with Gasteiger partial charge in [-0.25, -0.2) is 4.98 Å².